The Hall–Kier alpha value is -3.93. The van der Waals surface area contributed by atoms with Crippen LogP contribution in [-0.4, -0.2) is 31.9 Å². The maximum atomic E-state index is 13.4. The van der Waals surface area contributed by atoms with E-state index in [1.807, 2.05) is 0 Å². The lowest BCUT2D eigenvalue weighted by atomic mass is 10.2. The Labute approximate surface area is 179 Å². The fourth-order valence-electron chi connectivity index (χ4n) is 2.84. The first-order valence-corrected chi connectivity index (χ1v) is 9.40. The third kappa shape index (κ3) is 4.39. The van der Waals surface area contributed by atoms with Gasteiger partial charge in [-0.1, -0.05) is 12.1 Å². The Balaban J connectivity index is 1.72. The van der Waals surface area contributed by atoms with E-state index in [2.05, 4.69) is 20.6 Å². The number of halogens is 3. The van der Waals surface area contributed by atoms with E-state index < -0.39 is 17.9 Å². The minimum Gasteiger partial charge on any atom is -0.459 e. The van der Waals surface area contributed by atoms with E-state index in [4.69, 9.17) is 14.6 Å². The SMILES string of the molecule is C[C@H](N)C(=O)NCc1cccc(-n2nc(C(F)(F)F)cc2-c2nnc(-c3ccco3)o2)c1. The number of carbonyl (C=O) groups is 1. The van der Waals surface area contributed by atoms with Gasteiger partial charge in [-0.25, -0.2) is 4.68 Å². The molecule has 3 aromatic heterocycles. The molecule has 0 fully saturated rings. The molecular formula is C20H17F3N6O3. The van der Waals surface area contributed by atoms with E-state index in [1.165, 1.54) is 6.26 Å². The van der Waals surface area contributed by atoms with Crippen molar-refractivity contribution >= 4 is 5.91 Å². The molecule has 0 bridgehead atoms. The van der Waals surface area contributed by atoms with Gasteiger partial charge in [-0.05, 0) is 36.8 Å². The molecule has 4 rings (SSSR count). The van der Waals surface area contributed by atoms with E-state index in [9.17, 15) is 18.0 Å². The Kier molecular flexibility index (Phi) is 5.53. The van der Waals surface area contributed by atoms with Crippen molar-refractivity contribution in [1.29, 1.82) is 0 Å². The average molecular weight is 446 g/mol. The van der Waals surface area contributed by atoms with Crippen LogP contribution in [-0.2, 0) is 17.5 Å². The number of furan rings is 1. The van der Waals surface area contributed by atoms with Crippen molar-refractivity contribution in [2.24, 2.45) is 5.73 Å². The summed E-state index contributed by atoms with van der Waals surface area (Å²) in [6.07, 6.45) is -3.28. The normalized spacial score (nSPS) is 12.7. The zero-order valence-electron chi connectivity index (χ0n) is 16.6. The number of hydrogen-bond acceptors (Lipinski definition) is 7. The highest BCUT2D eigenvalue weighted by Crippen LogP contribution is 2.33. The van der Waals surface area contributed by atoms with E-state index in [0.717, 1.165) is 10.7 Å². The van der Waals surface area contributed by atoms with Gasteiger partial charge < -0.3 is 19.9 Å². The fraction of sp³-hybridized carbons (Fsp3) is 0.200. The summed E-state index contributed by atoms with van der Waals surface area (Å²) < 4.78 is 51.9. The summed E-state index contributed by atoms with van der Waals surface area (Å²) in [6, 6.07) is 9.82. The molecule has 0 aliphatic rings. The summed E-state index contributed by atoms with van der Waals surface area (Å²) in [5.74, 6) is -0.239. The molecule has 0 unspecified atom stereocenters. The second-order valence-electron chi connectivity index (χ2n) is 6.89. The number of aromatic nitrogens is 4. The number of hydrogen-bond donors (Lipinski definition) is 2. The predicted molar refractivity (Wildman–Crippen MR) is 105 cm³/mol. The lowest BCUT2D eigenvalue weighted by Gasteiger charge is -2.10. The highest BCUT2D eigenvalue weighted by Gasteiger charge is 2.36. The van der Waals surface area contributed by atoms with Crippen LogP contribution in [0.15, 0.2) is 57.6 Å². The minimum atomic E-state index is -4.69. The number of nitrogens with zero attached hydrogens (tertiary/aromatic N) is 4. The van der Waals surface area contributed by atoms with Crippen molar-refractivity contribution in [1.82, 2.24) is 25.3 Å². The topological polar surface area (TPSA) is 125 Å². The molecule has 1 aromatic carbocycles. The van der Waals surface area contributed by atoms with Gasteiger partial charge in [0.1, 0.15) is 5.69 Å². The first-order valence-electron chi connectivity index (χ1n) is 9.40. The molecule has 0 saturated carbocycles. The molecule has 0 aliphatic carbocycles. The second kappa shape index (κ2) is 8.30. The summed E-state index contributed by atoms with van der Waals surface area (Å²) in [5, 5.41) is 14.0. The number of alkyl halides is 3. The summed E-state index contributed by atoms with van der Waals surface area (Å²) >= 11 is 0. The molecule has 9 nitrogen and oxygen atoms in total. The average Bonchev–Trinajstić information content (AvgIpc) is 3.51. The molecule has 1 amide bonds. The van der Waals surface area contributed by atoms with Gasteiger partial charge in [-0.2, -0.15) is 18.3 Å². The lowest BCUT2D eigenvalue weighted by molar-refractivity contribution is -0.141. The van der Waals surface area contributed by atoms with Gasteiger partial charge in [-0.3, -0.25) is 4.79 Å². The zero-order valence-corrected chi connectivity index (χ0v) is 16.6. The molecule has 0 spiro atoms. The monoisotopic (exact) mass is 446 g/mol. The summed E-state index contributed by atoms with van der Waals surface area (Å²) in [5.41, 5.74) is 5.28. The number of nitrogens with one attached hydrogen (secondary N) is 1. The smallest absolute Gasteiger partial charge is 0.435 e. The number of benzene rings is 1. The first kappa shape index (κ1) is 21.3. The van der Waals surface area contributed by atoms with Crippen molar-refractivity contribution in [2.75, 3.05) is 0 Å². The van der Waals surface area contributed by atoms with E-state index in [-0.39, 0.29) is 35.7 Å². The number of carbonyl (C=O) groups excluding carboxylic acids is 1. The molecule has 3 N–H and O–H groups in total. The van der Waals surface area contributed by atoms with Gasteiger partial charge in [-0.15, -0.1) is 10.2 Å². The Morgan fingerprint density at radius 2 is 1.97 bits per heavy atom. The maximum absolute atomic E-state index is 13.4. The summed E-state index contributed by atoms with van der Waals surface area (Å²) in [7, 11) is 0. The number of amides is 1. The molecule has 12 heteroatoms. The Morgan fingerprint density at radius 3 is 2.66 bits per heavy atom. The summed E-state index contributed by atoms with van der Waals surface area (Å²) in [4.78, 5) is 11.7. The van der Waals surface area contributed by atoms with Crippen molar-refractivity contribution < 1.29 is 26.8 Å². The van der Waals surface area contributed by atoms with Crippen molar-refractivity contribution in [3.63, 3.8) is 0 Å². The van der Waals surface area contributed by atoms with Gasteiger partial charge in [0, 0.05) is 12.6 Å². The number of rotatable bonds is 6. The van der Waals surface area contributed by atoms with E-state index >= 15 is 0 Å². The third-order valence-electron chi connectivity index (χ3n) is 4.41. The van der Waals surface area contributed by atoms with Crippen LogP contribution in [0, 0.1) is 0 Å². The molecule has 166 valence electrons. The first-order chi connectivity index (χ1) is 15.2. The van der Waals surface area contributed by atoms with Gasteiger partial charge in [0.25, 0.3) is 11.8 Å². The molecule has 1 atom stereocenters. The molecule has 3 heterocycles. The minimum absolute atomic E-state index is 0.0127. The molecule has 0 aliphatic heterocycles. The number of nitrogens with two attached hydrogens (primary N) is 1. The van der Waals surface area contributed by atoms with Crippen molar-refractivity contribution in [3.8, 4) is 28.9 Å². The molecular weight excluding hydrogens is 429 g/mol. The second-order valence-corrected chi connectivity index (χ2v) is 6.89. The van der Waals surface area contributed by atoms with Gasteiger partial charge in [0.15, 0.2) is 11.5 Å². The van der Waals surface area contributed by atoms with Crippen LogP contribution < -0.4 is 11.1 Å². The zero-order chi connectivity index (χ0) is 22.9. The van der Waals surface area contributed by atoms with Crippen LogP contribution in [0.2, 0.25) is 0 Å². The summed E-state index contributed by atoms with van der Waals surface area (Å²) in [6.45, 7) is 1.68. The standard InChI is InChI=1S/C20H17F3N6O3/c1-11(24)17(30)25-10-12-4-2-5-13(8-12)29-14(9-16(28-29)20(21,22)23)18-26-27-19(32-18)15-6-3-7-31-15/h2-9,11H,10,24H2,1H3,(H,25,30)/t11-/m0/s1. The highest BCUT2D eigenvalue weighted by molar-refractivity contribution is 5.80. The van der Waals surface area contributed by atoms with Gasteiger partial charge in [0.2, 0.25) is 5.91 Å². The van der Waals surface area contributed by atoms with Gasteiger partial charge >= 0.3 is 6.18 Å². The Bertz CT molecular complexity index is 1230. The quantitative estimate of drug-likeness (QED) is 0.466. The molecule has 0 radical (unpaired) electrons. The van der Waals surface area contributed by atoms with Crippen LogP contribution in [0.25, 0.3) is 28.9 Å². The largest absolute Gasteiger partial charge is 0.459 e. The molecule has 32 heavy (non-hydrogen) atoms. The highest BCUT2D eigenvalue weighted by atomic mass is 19.4. The van der Waals surface area contributed by atoms with Crippen LogP contribution in [0.5, 0.6) is 0 Å². The van der Waals surface area contributed by atoms with Crippen molar-refractivity contribution in [3.05, 3.63) is 60.0 Å². The fourth-order valence-corrected chi connectivity index (χ4v) is 2.84. The van der Waals surface area contributed by atoms with Gasteiger partial charge in [0.05, 0.1) is 18.0 Å². The lowest BCUT2D eigenvalue weighted by Crippen LogP contribution is -2.37. The van der Waals surface area contributed by atoms with Crippen molar-refractivity contribution in [2.45, 2.75) is 25.7 Å². The van der Waals surface area contributed by atoms with E-state index in [0.29, 0.717) is 11.3 Å². The maximum Gasteiger partial charge on any atom is 0.435 e. The van der Waals surface area contributed by atoms with Crippen LogP contribution >= 0.6 is 0 Å². The van der Waals surface area contributed by atoms with E-state index in [1.54, 1.807) is 43.3 Å². The van der Waals surface area contributed by atoms with Crippen LogP contribution in [0.3, 0.4) is 0 Å². The molecule has 4 aromatic rings. The van der Waals surface area contributed by atoms with Crippen LogP contribution in [0.1, 0.15) is 18.2 Å². The third-order valence-corrected chi connectivity index (χ3v) is 4.41. The molecule has 0 saturated heterocycles. The van der Waals surface area contributed by atoms with Crippen LogP contribution in [0.4, 0.5) is 13.2 Å². The predicted octanol–water partition coefficient (Wildman–Crippen LogP) is 3.16. The Morgan fingerprint density at radius 1 is 1.19 bits per heavy atom.